The number of ether oxygens (including phenoxy) is 1. The fraction of sp³-hybridized carbons (Fsp3) is 0.520. The molecule has 1 aromatic carbocycles. The van der Waals surface area contributed by atoms with Gasteiger partial charge in [-0.1, -0.05) is 27.6 Å². The van der Waals surface area contributed by atoms with Crippen molar-refractivity contribution in [3.8, 4) is 5.75 Å². The van der Waals surface area contributed by atoms with Crippen LogP contribution in [-0.2, 0) is 24.3 Å². The fourth-order valence-corrected chi connectivity index (χ4v) is 4.37. The van der Waals surface area contributed by atoms with Crippen LogP contribution in [0.25, 0.3) is 0 Å². The number of hydrogen-bond donors (Lipinski definition) is 0. The van der Waals surface area contributed by atoms with Crippen LogP contribution in [0.2, 0.25) is 0 Å². The van der Waals surface area contributed by atoms with Gasteiger partial charge in [0.25, 0.3) is 0 Å². The highest BCUT2D eigenvalue weighted by atomic mass is 16.6. The molecule has 0 N–H and O–H groups in total. The number of amides is 1. The van der Waals surface area contributed by atoms with Gasteiger partial charge in [0.05, 0.1) is 18.7 Å². The number of likely N-dealkylation sites (tertiary alicyclic amines) is 1. The van der Waals surface area contributed by atoms with Crippen LogP contribution in [0.4, 0.5) is 0 Å². The van der Waals surface area contributed by atoms with Crippen LogP contribution < -0.4 is 4.74 Å². The third-order valence-corrected chi connectivity index (χ3v) is 6.41. The molecule has 2 aromatic heterocycles. The van der Waals surface area contributed by atoms with Gasteiger partial charge in [0.1, 0.15) is 22.9 Å². The maximum absolute atomic E-state index is 12.8. The molecule has 0 radical (unpaired) electrons. The largest absolute Gasteiger partial charge is 0.493 e. The minimum absolute atomic E-state index is 0.129. The van der Waals surface area contributed by atoms with Gasteiger partial charge in [-0.05, 0) is 58.4 Å². The van der Waals surface area contributed by atoms with Gasteiger partial charge in [0, 0.05) is 37.7 Å². The van der Waals surface area contributed by atoms with E-state index >= 15 is 0 Å². The molecule has 0 unspecified atom stereocenters. The van der Waals surface area contributed by atoms with E-state index in [2.05, 4.69) is 32.5 Å². The molecule has 3 aromatic rings. The van der Waals surface area contributed by atoms with E-state index in [4.69, 9.17) is 13.9 Å². The Hall–Kier alpha value is -3.20. The number of aryl methyl sites for hydroxylation is 3. The maximum atomic E-state index is 12.8. The summed E-state index contributed by atoms with van der Waals surface area (Å²) in [5.41, 5.74) is 4.57. The fourth-order valence-electron chi connectivity index (χ4n) is 4.37. The number of aromatic nitrogens is 3. The van der Waals surface area contributed by atoms with E-state index < -0.39 is 0 Å². The standard InChI is InChI=1S/C25H33N5O4/c1-17-23(19(3)33-26-17)12-25(31)30-11-5-6-21(14-30)16-32-22-9-7-20(8-10-22)13-29(4)15-24-18(2)27-34-28-24/h7-10,21H,5-6,11-16H2,1-4H3/t21-/m0/s1. The van der Waals surface area contributed by atoms with Crippen molar-refractivity contribution in [2.45, 2.75) is 53.1 Å². The zero-order chi connectivity index (χ0) is 24.1. The summed E-state index contributed by atoms with van der Waals surface area (Å²) in [5.74, 6) is 2.03. The second-order valence-corrected chi connectivity index (χ2v) is 9.25. The SMILES string of the molecule is Cc1nonc1CN(C)Cc1ccc(OC[C@H]2CCCN(C(=O)Cc3c(C)noc3C)C2)cc1. The Morgan fingerprint density at radius 3 is 2.59 bits per heavy atom. The van der Waals surface area contributed by atoms with Crippen molar-refractivity contribution in [3.05, 3.63) is 58.2 Å². The summed E-state index contributed by atoms with van der Waals surface area (Å²) < 4.78 is 16.0. The van der Waals surface area contributed by atoms with Gasteiger partial charge in [0.2, 0.25) is 5.91 Å². The average Bonchev–Trinajstić information content (AvgIpc) is 3.38. The molecule has 34 heavy (non-hydrogen) atoms. The second-order valence-electron chi connectivity index (χ2n) is 9.25. The molecule has 9 nitrogen and oxygen atoms in total. The van der Waals surface area contributed by atoms with Crippen LogP contribution >= 0.6 is 0 Å². The molecule has 0 saturated carbocycles. The first kappa shape index (κ1) is 23.9. The van der Waals surface area contributed by atoms with E-state index in [1.165, 1.54) is 5.56 Å². The minimum Gasteiger partial charge on any atom is -0.493 e. The molecule has 3 heterocycles. The number of carbonyl (C=O) groups excluding carboxylic acids is 1. The molecule has 1 amide bonds. The number of nitrogens with zero attached hydrogens (tertiary/aromatic N) is 5. The van der Waals surface area contributed by atoms with Crippen molar-refractivity contribution in [2.75, 3.05) is 26.7 Å². The van der Waals surface area contributed by atoms with Gasteiger partial charge >= 0.3 is 0 Å². The Kier molecular flexibility index (Phi) is 7.62. The molecule has 0 bridgehead atoms. The lowest BCUT2D eigenvalue weighted by molar-refractivity contribution is -0.132. The van der Waals surface area contributed by atoms with Crippen molar-refractivity contribution in [3.63, 3.8) is 0 Å². The van der Waals surface area contributed by atoms with E-state index in [0.717, 1.165) is 66.6 Å². The molecule has 182 valence electrons. The molecule has 9 heteroatoms. The minimum atomic E-state index is 0.129. The summed E-state index contributed by atoms with van der Waals surface area (Å²) in [5, 5.41) is 11.7. The third kappa shape index (κ3) is 6.02. The number of carbonyl (C=O) groups is 1. The molecule has 1 saturated heterocycles. The second kappa shape index (κ2) is 10.8. The predicted octanol–water partition coefficient (Wildman–Crippen LogP) is 3.47. The van der Waals surface area contributed by atoms with E-state index in [9.17, 15) is 4.79 Å². The van der Waals surface area contributed by atoms with E-state index in [0.29, 0.717) is 25.5 Å². The molecule has 1 atom stereocenters. The zero-order valence-electron chi connectivity index (χ0n) is 20.4. The van der Waals surface area contributed by atoms with Crippen LogP contribution in [0.15, 0.2) is 33.4 Å². The van der Waals surface area contributed by atoms with Crippen molar-refractivity contribution < 1.29 is 18.7 Å². The summed E-state index contributed by atoms with van der Waals surface area (Å²) in [7, 11) is 2.04. The van der Waals surface area contributed by atoms with Crippen molar-refractivity contribution in [1.82, 2.24) is 25.3 Å². The molecule has 0 spiro atoms. The van der Waals surface area contributed by atoms with E-state index in [1.54, 1.807) is 0 Å². The summed E-state index contributed by atoms with van der Waals surface area (Å²) in [6, 6.07) is 8.19. The van der Waals surface area contributed by atoms with Gasteiger partial charge in [0.15, 0.2) is 0 Å². The Balaban J connectivity index is 1.23. The molecule has 1 fully saturated rings. The first-order valence-corrected chi connectivity index (χ1v) is 11.8. The van der Waals surface area contributed by atoms with Crippen LogP contribution in [-0.4, -0.2) is 57.9 Å². The number of rotatable bonds is 9. The Bertz CT molecular complexity index is 1070. The highest BCUT2D eigenvalue weighted by Gasteiger charge is 2.25. The quantitative estimate of drug-likeness (QED) is 0.472. The number of benzene rings is 1. The van der Waals surface area contributed by atoms with Crippen LogP contribution in [0.5, 0.6) is 5.75 Å². The first-order chi connectivity index (χ1) is 16.4. The maximum Gasteiger partial charge on any atom is 0.227 e. The van der Waals surface area contributed by atoms with Crippen molar-refractivity contribution >= 4 is 5.91 Å². The number of hydrogen-bond acceptors (Lipinski definition) is 8. The summed E-state index contributed by atoms with van der Waals surface area (Å²) in [4.78, 5) is 17.0. The number of piperidine rings is 1. The van der Waals surface area contributed by atoms with E-state index in [-0.39, 0.29) is 5.91 Å². The van der Waals surface area contributed by atoms with E-state index in [1.807, 2.05) is 44.9 Å². The lowest BCUT2D eigenvalue weighted by Gasteiger charge is -2.32. The Morgan fingerprint density at radius 2 is 1.91 bits per heavy atom. The van der Waals surface area contributed by atoms with Crippen LogP contribution in [0.1, 0.15) is 46.8 Å². The van der Waals surface area contributed by atoms with Crippen molar-refractivity contribution in [2.24, 2.45) is 5.92 Å². The summed E-state index contributed by atoms with van der Waals surface area (Å²) >= 11 is 0. The van der Waals surface area contributed by atoms with Crippen molar-refractivity contribution in [1.29, 1.82) is 0 Å². The Morgan fingerprint density at radius 1 is 1.12 bits per heavy atom. The molecular formula is C25H33N5O4. The smallest absolute Gasteiger partial charge is 0.227 e. The monoisotopic (exact) mass is 467 g/mol. The lowest BCUT2D eigenvalue weighted by Crippen LogP contribution is -2.42. The van der Waals surface area contributed by atoms with Gasteiger partial charge < -0.3 is 14.2 Å². The molecular weight excluding hydrogens is 434 g/mol. The van der Waals surface area contributed by atoms with Crippen LogP contribution in [0.3, 0.4) is 0 Å². The molecule has 1 aliphatic heterocycles. The zero-order valence-corrected chi connectivity index (χ0v) is 20.4. The average molecular weight is 468 g/mol. The molecule has 0 aliphatic carbocycles. The summed E-state index contributed by atoms with van der Waals surface area (Å²) in [6.07, 6.45) is 2.40. The highest BCUT2D eigenvalue weighted by molar-refractivity contribution is 5.79. The van der Waals surface area contributed by atoms with Gasteiger partial charge in [-0.3, -0.25) is 9.69 Å². The predicted molar refractivity (Wildman–Crippen MR) is 125 cm³/mol. The Labute approximate surface area is 200 Å². The normalized spacial score (nSPS) is 16.3. The first-order valence-electron chi connectivity index (χ1n) is 11.8. The topological polar surface area (TPSA) is 97.7 Å². The highest BCUT2D eigenvalue weighted by Crippen LogP contribution is 2.22. The molecule has 4 rings (SSSR count). The third-order valence-electron chi connectivity index (χ3n) is 6.41. The van der Waals surface area contributed by atoms with Gasteiger partial charge in [-0.25, -0.2) is 4.63 Å². The lowest BCUT2D eigenvalue weighted by atomic mass is 9.98. The van der Waals surface area contributed by atoms with Gasteiger partial charge in [-0.2, -0.15) is 0 Å². The van der Waals surface area contributed by atoms with Gasteiger partial charge in [-0.15, -0.1) is 0 Å². The summed E-state index contributed by atoms with van der Waals surface area (Å²) in [6.45, 7) is 9.22. The molecule has 1 aliphatic rings. The van der Waals surface area contributed by atoms with Crippen LogP contribution in [0, 0.1) is 26.7 Å².